The van der Waals surface area contributed by atoms with Crippen molar-refractivity contribution in [1.29, 1.82) is 0 Å². The molecule has 17 heavy (non-hydrogen) atoms. The highest BCUT2D eigenvalue weighted by Crippen LogP contribution is 2.23. The molecule has 0 N–H and O–H groups in total. The number of aryl methyl sites for hydroxylation is 1. The van der Waals surface area contributed by atoms with Crippen LogP contribution in [0.5, 0.6) is 0 Å². The third-order valence-electron chi connectivity index (χ3n) is 3.10. The molecule has 1 aromatic carbocycles. The van der Waals surface area contributed by atoms with Crippen molar-refractivity contribution >= 4 is 11.8 Å². The SMILES string of the molecule is Cc1cc(N2CCCC2)ccc1/C=C\[N+](=O)[O-]. The van der Waals surface area contributed by atoms with Crippen LogP contribution in [0.1, 0.15) is 24.0 Å². The van der Waals surface area contributed by atoms with Crippen molar-refractivity contribution in [2.45, 2.75) is 19.8 Å². The van der Waals surface area contributed by atoms with Gasteiger partial charge in [-0.15, -0.1) is 0 Å². The number of anilines is 1. The average molecular weight is 232 g/mol. The molecule has 0 radical (unpaired) electrons. The van der Waals surface area contributed by atoms with Gasteiger partial charge in [-0.1, -0.05) is 6.07 Å². The van der Waals surface area contributed by atoms with Crippen LogP contribution in [0.3, 0.4) is 0 Å². The Morgan fingerprint density at radius 1 is 1.35 bits per heavy atom. The Morgan fingerprint density at radius 2 is 2.06 bits per heavy atom. The summed E-state index contributed by atoms with van der Waals surface area (Å²) in [6, 6.07) is 6.09. The highest BCUT2D eigenvalue weighted by Gasteiger charge is 2.12. The molecule has 1 aliphatic rings. The van der Waals surface area contributed by atoms with E-state index < -0.39 is 4.92 Å². The minimum atomic E-state index is -0.437. The third kappa shape index (κ3) is 2.84. The summed E-state index contributed by atoms with van der Waals surface area (Å²) in [5.41, 5.74) is 3.20. The molecule has 0 atom stereocenters. The van der Waals surface area contributed by atoms with E-state index in [1.54, 1.807) is 6.08 Å². The maximum atomic E-state index is 10.3. The Labute approximate surface area is 101 Å². The maximum absolute atomic E-state index is 10.3. The number of benzene rings is 1. The molecule has 4 heteroatoms. The second-order valence-corrected chi connectivity index (χ2v) is 4.34. The van der Waals surface area contributed by atoms with Gasteiger partial charge in [-0.05, 0) is 43.0 Å². The molecule has 0 amide bonds. The molecule has 1 aromatic rings. The van der Waals surface area contributed by atoms with Crippen LogP contribution in [0.4, 0.5) is 5.69 Å². The number of hydrogen-bond acceptors (Lipinski definition) is 3. The first-order valence-corrected chi connectivity index (χ1v) is 5.84. The molecule has 90 valence electrons. The standard InChI is InChI=1S/C13H16N2O2/c1-11-10-13(14-7-2-3-8-14)5-4-12(11)6-9-15(16)17/h4-6,9-10H,2-3,7-8H2,1H3/b9-6-. The van der Waals surface area contributed by atoms with E-state index in [0.29, 0.717) is 0 Å². The Kier molecular flexibility index (Phi) is 3.42. The zero-order valence-electron chi connectivity index (χ0n) is 9.93. The largest absolute Gasteiger partial charge is 0.372 e. The number of nitro groups is 1. The smallest absolute Gasteiger partial charge is 0.235 e. The Hall–Kier alpha value is -1.84. The maximum Gasteiger partial charge on any atom is 0.235 e. The zero-order chi connectivity index (χ0) is 12.3. The van der Waals surface area contributed by atoms with E-state index in [2.05, 4.69) is 11.0 Å². The summed E-state index contributed by atoms with van der Waals surface area (Å²) in [6.45, 7) is 4.21. The Balaban J connectivity index is 2.19. The molecule has 1 saturated heterocycles. The molecular formula is C13H16N2O2. The average Bonchev–Trinajstić information content (AvgIpc) is 2.80. The van der Waals surface area contributed by atoms with Crippen LogP contribution in [0, 0.1) is 17.0 Å². The minimum absolute atomic E-state index is 0.437. The van der Waals surface area contributed by atoms with Gasteiger partial charge in [0.05, 0.1) is 4.92 Å². The summed E-state index contributed by atoms with van der Waals surface area (Å²) in [5, 5.41) is 10.3. The van der Waals surface area contributed by atoms with Crippen LogP contribution < -0.4 is 4.90 Å². The van der Waals surface area contributed by atoms with E-state index >= 15 is 0 Å². The van der Waals surface area contributed by atoms with Crippen LogP contribution in [0.15, 0.2) is 24.4 Å². The van der Waals surface area contributed by atoms with Crippen molar-refractivity contribution in [3.05, 3.63) is 45.6 Å². The van der Waals surface area contributed by atoms with E-state index in [1.165, 1.54) is 18.5 Å². The lowest BCUT2D eigenvalue weighted by molar-refractivity contribution is -0.400. The van der Waals surface area contributed by atoms with Gasteiger partial charge in [-0.2, -0.15) is 0 Å². The highest BCUT2D eigenvalue weighted by atomic mass is 16.6. The summed E-state index contributed by atoms with van der Waals surface area (Å²) in [6.07, 6.45) is 5.03. The van der Waals surface area contributed by atoms with Crippen LogP contribution in [-0.2, 0) is 0 Å². The van der Waals surface area contributed by atoms with Crippen molar-refractivity contribution in [2.24, 2.45) is 0 Å². The first-order valence-electron chi connectivity index (χ1n) is 5.84. The van der Waals surface area contributed by atoms with Crippen LogP contribution in [0.2, 0.25) is 0 Å². The summed E-state index contributed by atoms with van der Waals surface area (Å²) in [4.78, 5) is 12.2. The fourth-order valence-electron chi connectivity index (χ4n) is 2.16. The normalized spacial score (nSPS) is 15.7. The van der Waals surface area contributed by atoms with Gasteiger partial charge in [0.1, 0.15) is 0 Å². The topological polar surface area (TPSA) is 46.4 Å². The van der Waals surface area contributed by atoms with Gasteiger partial charge in [0, 0.05) is 24.9 Å². The monoisotopic (exact) mass is 232 g/mol. The van der Waals surface area contributed by atoms with E-state index in [0.717, 1.165) is 30.4 Å². The minimum Gasteiger partial charge on any atom is -0.372 e. The molecule has 4 nitrogen and oxygen atoms in total. The molecule has 0 aromatic heterocycles. The van der Waals surface area contributed by atoms with Crippen molar-refractivity contribution in [2.75, 3.05) is 18.0 Å². The Morgan fingerprint density at radius 3 is 2.65 bits per heavy atom. The van der Waals surface area contributed by atoms with Crippen molar-refractivity contribution in [3.8, 4) is 0 Å². The molecule has 1 aliphatic heterocycles. The lowest BCUT2D eigenvalue weighted by atomic mass is 10.1. The van der Waals surface area contributed by atoms with Gasteiger partial charge < -0.3 is 4.90 Å². The van der Waals surface area contributed by atoms with Gasteiger partial charge in [0.2, 0.25) is 6.20 Å². The molecule has 0 bridgehead atoms. The molecule has 0 saturated carbocycles. The second kappa shape index (κ2) is 4.99. The fourth-order valence-corrected chi connectivity index (χ4v) is 2.16. The van der Waals surface area contributed by atoms with E-state index in [9.17, 15) is 10.1 Å². The molecule has 1 heterocycles. The quantitative estimate of drug-likeness (QED) is 0.594. The predicted octanol–water partition coefficient (Wildman–Crippen LogP) is 2.84. The van der Waals surface area contributed by atoms with Crippen LogP contribution in [0.25, 0.3) is 6.08 Å². The number of rotatable bonds is 3. The first-order chi connectivity index (χ1) is 8.16. The molecule has 1 fully saturated rings. The summed E-state index contributed by atoms with van der Waals surface area (Å²) >= 11 is 0. The Bertz CT molecular complexity index is 449. The van der Waals surface area contributed by atoms with Gasteiger partial charge in [-0.25, -0.2) is 0 Å². The van der Waals surface area contributed by atoms with Crippen molar-refractivity contribution in [1.82, 2.24) is 0 Å². The van der Waals surface area contributed by atoms with Gasteiger partial charge in [-0.3, -0.25) is 10.1 Å². The molecule has 0 spiro atoms. The van der Waals surface area contributed by atoms with Crippen molar-refractivity contribution in [3.63, 3.8) is 0 Å². The van der Waals surface area contributed by atoms with Crippen LogP contribution >= 0.6 is 0 Å². The lowest BCUT2D eigenvalue weighted by Gasteiger charge is -2.18. The number of nitrogens with zero attached hydrogens (tertiary/aromatic N) is 2. The summed E-state index contributed by atoms with van der Waals surface area (Å²) in [7, 11) is 0. The second-order valence-electron chi connectivity index (χ2n) is 4.34. The van der Waals surface area contributed by atoms with Crippen LogP contribution in [-0.4, -0.2) is 18.0 Å². The molecule has 2 rings (SSSR count). The zero-order valence-corrected chi connectivity index (χ0v) is 9.93. The molecule has 0 unspecified atom stereocenters. The third-order valence-corrected chi connectivity index (χ3v) is 3.10. The fraction of sp³-hybridized carbons (Fsp3) is 0.385. The van der Waals surface area contributed by atoms with E-state index in [1.807, 2.05) is 19.1 Å². The van der Waals surface area contributed by atoms with Gasteiger partial charge in [0.15, 0.2) is 0 Å². The van der Waals surface area contributed by atoms with E-state index in [4.69, 9.17) is 0 Å². The van der Waals surface area contributed by atoms with Gasteiger partial charge >= 0.3 is 0 Å². The first kappa shape index (κ1) is 11.6. The predicted molar refractivity (Wildman–Crippen MR) is 68.7 cm³/mol. The summed E-state index contributed by atoms with van der Waals surface area (Å²) < 4.78 is 0. The van der Waals surface area contributed by atoms with Gasteiger partial charge in [0.25, 0.3) is 0 Å². The van der Waals surface area contributed by atoms with E-state index in [-0.39, 0.29) is 0 Å². The lowest BCUT2D eigenvalue weighted by Crippen LogP contribution is -2.17. The molecule has 0 aliphatic carbocycles. The molecular weight excluding hydrogens is 216 g/mol. The number of hydrogen-bond donors (Lipinski definition) is 0. The van der Waals surface area contributed by atoms with Crippen molar-refractivity contribution < 1.29 is 4.92 Å². The summed E-state index contributed by atoms with van der Waals surface area (Å²) in [5.74, 6) is 0. The highest BCUT2D eigenvalue weighted by molar-refractivity contribution is 5.59.